The first kappa shape index (κ1) is 11.3. The van der Waals surface area contributed by atoms with Crippen LogP contribution in [0.25, 0.3) is 0 Å². The highest BCUT2D eigenvalue weighted by atomic mass is 14.9. The molecule has 0 radical (unpaired) electrons. The zero-order chi connectivity index (χ0) is 12.4. The molecule has 0 saturated carbocycles. The molecule has 0 bridgehead atoms. The van der Waals surface area contributed by atoms with E-state index in [1.165, 1.54) is 28.8 Å². The summed E-state index contributed by atoms with van der Waals surface area (Å²) in [6.45, 7) is 3.26. The maximum atomic E-state index is 3.61. The second kappa shape index (κ2) is 4.85. The Morgan fingerprint density at radius 1 is 1.06 bits per heavy atom. The van der Waals surface area contributed by atoms with E-state index in [1.807, 2.05) is 0 Å². The van der Waals surface area contributed by atoms with E-state index in [2.05, 4.69) is 60.8 Å². The summed E-state index contributed by atoms with van der Waals surface area (Å²) in [5.74, 6) is 0.686. The van der Waals surface area contributed by atoms with E-state index in [1.54, 1.807) is 0 Å². The molecule has 0 spiro atoms. The van der Waals surface area contributed by atoms with Gasteiger partial charge in [-0.05, 0) is 35.6 Å². The summed E-state index contributed by atoms with van der Waals surface area (Å²) in [6, 6.07) is 17.4. The van der Waals surface area contributed by atoms with Gasteiger partial charge < -0.3 is 5.32 Å². The smallest absolute Gasteiger partial charge is 0.0372 e. The Balaban J connectivity index is 1.67. The van der Waals surface area contributed by atoms with E-state index in [0.717, 1.165) is 13.0 Å². The van der Waals surface area contributed by atoms with Gasteiger partial charge in [-0.15, -0.1) is 0 Å². The van der Waals surface area contributed by atoms with Crippen LogP contribution in [0.4, 0.5) is 5.69 Å². The highest BCUT2D eigenvalue weighted by Gasteiger charge is 2.24. The van der Waals surface area contributed by atoms with Crippen LogP contribution in [0.3, 0.4) is 0 Å². The number of hydrogen-bond donors (Lipinski definition) is 1. The first-order valence-electron chi connectivity index (χ1n) is 6.78. The Labute approximate surface area is 109 Å². The number of aryl methyl sites for hydroxylation is 1. The average molecular weight is 237 g/mol. The van der Waals surface area contributed by atoms with Crippen LogP contribution in [0, 0.1) is 0 Å². The van der Waals surface area contributed by atoms with Gasteiger partial charge in [-0.2, -0.15) is 0 Å². The molecule has 0 aromatic heterocycles. The third-order valence-electron chi connectivity index (χ3n) is 3.90. The Morgan fingerprint density at radius 3 is 2.67 bits per heavy atom. The van der Waals surface area contributed by atoms with Gasteiger partial charge in [-0.3, -0.25) is 0 Å². The maximum absolute atomic E-state index is 3.61. The maximum Gasteiger partial charge on any atom is 0.0372 e. The summed E-state index contributed by atoms with van der Waals surface area (Å²) in [5.41, 5.74) is 5.75. The van der Waals surface area contributed by atoms with Crippen molar-refractivity contribution in [1.29, 1.82) is 0 Å². The van der Waals surface area contributed by atoms with Crippen molar-refractivity contribution in [3.8, 4) is 0 Å². The van der Waals surface area contributed by atoms with Crippen molar-refractivity contribution in [2.45, 2.75) is 25.7 Å². The standard InChI is InChI=1S/C17H19N/c1-2-13-7-4-6-10-17(13)18-12-15-11-14-8-3-5-9-16(14)15/h3-10,15,18H,2,11-12H2,1H3. The van der Waals surface area contributed by atoms with Crippen LogP contribution in [0.1, 0.15) is 29.5 Å². The quantitative estimate of drug-likeness (QED) is 0.847. The fraction of sp³-hybridized carbons (Fsp3) is 0.294. The molecule has 1 N–H and O–H groups in total. The zero-order valence-electron chi connectivity index (χ0n) is 10.8. The lowest BCUT2D eigenvalue weighted by Crippen LogP contribution is -2.24. The molecule has 0 aliphatic heterocycles. The second-order valence-electron chi connectivity index (χ2n) is 4.99. The normalized spacial score (nSPS) is 16.8. The monoisotopic (exact) mass is 237 g/mol. The number of hydrogen-bond acceptors (Lipinski definition) is 1. The molecular formula is C17H19N. The fourth-order valence-electron chi connectivity index (χ4n) is 2.78. The molecule has 0 saturated heterocycles. The highest BCUT2D eigenvalue weighted by molar-refractivity contribution is 5.52. The molecule has 18 heavy (non-hydrogen) atoms. The summed E-state index contributed by atoms with van der Waals surface area (Å²) in [5, 5.41) is 3.61. The molecule has 1 aliphatic carbocycles. The number of para-hydroxylation sites is 1. The number of rotatable bonds is 4. The van der Waals surface area contributed by atoms with Crippen LogP contribution >= 0.6 is 0 Å². The van der Waals surface area contributed by atoms with Crippen molar-refractivity contribution in [2.75, 3.05) is 11.9 Å². The molecule has 3 rings (SSSR count). The fourth-order valence-corrected chi connectivity index (χ4v) is 2.78. The highest BCUT2D eigenvalue weighted by Crippen LogP contribution is 2.34. The number of anilines is 1. The molecule has 1 atom stereocenters. The molecule has 0 fully saturated rings. The van der Waals surface area contributed by atoms with Crippen molar-refractivity contribution >= 4 is 5.69 Å². The van der Waals surface area contributed by atoms with Gasteiger partial charge in [0.1, 0.15) is 0 Å². The summed E-state index contributed by atoms with van der Waals surface area (Å²) < 4.78 is 0. The van der Waals surface area contributed by atoms with Gasteiger partial charge in [0.25, 0.3) is 0 Å². The van der Waals surface area contributed by atoms with Gasteiger partial charge in [-0.25, -0.2) is 0 Å². The van der Waals surface area contributed by atoms with Gasteiger partial charge in [0.05, 0.1) is 0 Å². The molecule has 92 valence electrons. The van der Waals surface area contributed by atoms with Gasteiger partial charge in [-0.1, -0.05) is 49.4 Å². The predicted molar refractivity (Wildman–Crippen MR) is 77.2 cm³/mol. The van der Waals surface area contributed by atoms with Crippen LogP contribution < -0.4 is 5.32 Å². The van der Waals surface area contributed by atoms with Crippen LogP contribution in [-0.2, 0) is 12.8 Å². The molecule has 1 heteroatoms. The molecule has 1 aliphatic rings. The number of fused-ring (bicyclic) bond motifs is 1. The third-order valence-corrected chi connectivity index (χ3v) is 3.90. The van der Waals surface area contributed by atoms with E-state index < -0.39 is 0 Å². The van der Waals surface area contributed by atoms with Crippen LogP contribution in [-0.4, -0.2) is 6.54 Å². The first-order valence-corrected chi connectivity index (χ1v) is 6.78. The lowest BCUT2D eigenvalue weighted by molar-refractivity contribution is 0.635. The Morgan fingerprint density at radius 2 is 1.83 bits per heavy atom. The van der Waals surface area contributed by atoms with Gasteiger partial charge in [0.2, 0.25) is 0 Å². The van der Waals surface area contributed by atoms with Crippen molar-refractivity contribution in [1.82, 2.24) is 0 Å². The topological polar surface area (TPSA) is 12.0 Å². The lowest BCUT2D eigenvalue weighted by atomic mass is 9.77. The molecule has 0 amide bonds. The van der Waals surface area contributed by atoms with Crippen molar-refractivity contribution < 1.29 is 0 Å². The SMILES string of the molecule is CCc1ccccc1NCC1Cc2ccccc21. The minimum atomic E-state index is 0.686. The average Bonchev–Trinajstić information content (AvgIpc) is 2.40. The number of nitrogens with one attached hydrogen (secondary N) is 1. The minimum Gasteiger partial charge on any atom is -0.384 e. The summed E-state index contributed by atoms with van der Waals surface area (Å²) in [4.78, 5) is 0. The van der Waals surface area contributed by atoms with E-state index in [-0.39, 0.29) is 0 Å². The van der Waals surface area contributed by atoms with Gasteiger partial charge in [0.15, 0.2) is 0 Å². The van der Waals surface area contributed by atoms with E-state index in [4.69, 9.17) is 0 Å². The predicted octanol–water partition coefficient (Wildman–Crippen LogP) is 4.00. The Kier molecular flexibility index (Phi) is 3.06. The molecule has 0 heterocycles. The molecule has 1 unspecified atom stereocenters. The molecule has 2 aromatic carbocycles. The zero-order valence-corrected chi connectivity index (χ0v) is 10.8. The van der Waals surface area contributed by atoms with Crippen LogP contribution in [0.5, 0.6) is 0 Å². The van der Waals surface area contributed by atoms with E-state index in [0.29, 0.717) is 5.92 Å². The number of benzene rings is 2. The van der Waals surface area contributed by atoms with Crippen molar-refractivity contribution in [2.24, 2.45) is 0 Å². The molecular weight excluding hydrogens is 218 g/mol. The van der Waals surface area contributed by atoms with Crippen molar-refractivity contribution in [3.63, 3.8) is 0 Å². The van der Waals surface area contributed by atoms with Crippen molar-refractivity contribution in [3.05, 3.63) is 65.2 Å². The Bertz CT molecular complexity index is 545. The minimum absolute atomic E-state index is 0.686. The summed E-state index contributed by atoms with van der Waals surface area (Å²) in [6.07, 6.45) is 2.31. The van der Waals surface area contributed by atoms with Gasteiger partial charge in [0, 0.05) is 18.2 Å². The molecule has 2 aromatic rings. The van der Waals surface area contributed by atoms with Crippen LogP contribution in [0.2, 0.25) is 0 Å². The van der Waals surface area contributed by atoms with E-state index in [9.17, 15) is 0 Å². The summed E-state index contributed by atoms with van der Waals surface area (Å²) in [7, 11) is 0. The van der Waals surface area contributed by atoms with E-state index >= 15 is 0 Å². The lowest BCUT2D eigenvalue weighted by Gasteiger charge is -2.30. The Hall–Kier alpha value is -1.76. The second-order valence-corrected chi connectivity index (χ2v) is 4.99. The first-order chi connectivity index (χ1) is 8.88. The van der Waals surface area contributed by atoms with Crippen LogP contribution in [0.15, 0.2) is 48.5 Å². The van der Waals surface area contributed by atoms with Gasteiger partial charge >= 0.3 is 0 Å². The third kappa shape index (κ3) is 2.01. The largest absolute Gasteiger partial charge is 0.384 e. The molecule has 1 nitrogen and oxygen atoms in total. The summed E-state index contributed by atoms with van der Waals surface area (Å²) >= 11 is 0.